The predicted octanol–water partition coefficient (Wildman–Crippen LogP) is 0.268. The van der Waals surface area contributed by atoms with E-state index >= 15 is 0 Å². The molecular formula is C12H18N2O4. The first-order chi connectivity index (χ1) is 8.74. The van der Waals surface area contributed by atoms with Gasteiger partial charge in [-0.2, -0.15) is 0 Å². The van der Waals surface area contributed by atoms with Crippen LogP contribution in [0.3, 0.4) is 0 Å². The summed E-state index contributed by atoms with van der Waals surface area (Å²) in [6, 6.07) is 3.23. The first kappa shape index (κ1) is 14.6. The van der Waals surface area contributed by atoms with E-state index in [4.69, 9.17) is 14.9 Å². The molecule has 1 aromatic rings. The largest absolute Gasteiger partial charge is 0.478 e. The van der Waals surface area contributed by atoms with Crippen molar-refractivity contribution in [1.82, 2.24) is 10.3 Å². The maximum atomic E-state index is 10.6. The third-order valence-corrected chi connectivity index (χ3v) is 2.26. The maximum Gasteiger partial charge on any atom is 0.337 e. The second-order valence-corrected chi connectivity index (χ2v) is 3.71. The van der Waals surface area contributed by atoms with Crippen molar-refractivity contribution in [3.8, 4) is 0 Å². The molecule has 3 N–H and O–H groups in total. The number of aliphatic hydroxyl groups is 1. The Hall–Kier alpha value is -1.50. The zero-order chi connectivity index (χ0) is 13.2. The minimum atomic E-state index is -0.969. The highest BCUT2D eigenvalue weighted by atomic mass is 16.5. The lowest BCUT2D eigenvalue weighted by molar-refractivity contribution is 0.0696. The first-order valence-corrected chi connectivity index (χ1v) is 5.81. The molecule has 0 aromatic carbocycles. The second kappa shape index (κ2) is 8.57. The summed E-state index contributed by atoms with van der Waals surface area (Å²) in [7, 11) is 0. The molecule has 0 saturated heterocycles. The van der Waals surface area contributed by atoms with Crippen molar-refractivity contribution in [3.63, 3.8) is 0 Å². The zero-order valence-corrected chi connectivity index (χ0v) is 10.1. The second-order valence-electron chi connectivity index (χ2n) is 3.71. The number of carbonyl (C=O) groups is 1. The van der Waals surface area contributed by atoms with Crippen LogP contribution in [0.25, 0.3) is 0 Å². The Bertz CT molecular complexity index is 354. The third kappa shape index (κ3) is 5.72. The maximum absolute atomic E-state index is 10.6. The minimum Gasteiger partial charge on any atom is -0.478 e. The van der Waals surface area contributed by atoms with Gasteiger partial charge in [0.15, 0.2) is 0 Å². The van der Waals surface area contributed by atoms with Crippen molar-refractivity contribution in [2.24, 2.45) is 0 Å². The van der Waals surface area contributed by atoms with Crippen LogP contribution in [-0.4, -0.2) is 47.5 Å². The van der Waals surface area contributed by atoms with Crippen LogP contribution in [0.1, 0.15) is 22.5 Å². The van der Waals surface area contributed by atoms with Gasteiger partial charge in [-0.1, -0.05) is 0 Å². The lowest BCUT2D eigenvalue weighted by atomic mass is 10.2. The van der Waals surface area contributed by atoms with Gasteiger partial charge in [0.2, 0.25) is 0 Å². The van der Waals surface area contributed by atoms with Gasteiger partial charge in [-0.3, -0.25) is 4.98 Å². The van der Waals surface area contributed by atoms with Crippen LogP contribution < -0.4 is 5.32 Å². The number of nitrogens with zero attached hydrogens (tertiary/aromatic N) is 1. The fourth-order valence-corrected chi connectivity index (χ4v) is 1.34. The van der Waals surface area contributed by atoms with E-state index in [0.717, 1.165) is 18.7 Å². The smallest absolute Gasteiger partial charge is 0.337 e. The molecule has 0 aliphatic rings. The number of ether oxygens (including phenoxy) is 1. The quantitative estimate of drug-likeness (QED) is 0.548. The summed E-state index contributed by atoms with van der Waals surface area (Å²) < 4.78 is 5.11. The standard InChI is InChI=1S/C12H18N2O4/c15-5-7-18-6-1-4-13-9-11-3-2-10(8-14-11)12(16)17/h2-3,8,13,15H,1,4-7,9H2,(H,16,17). The highest BCUT2D eigenvalue weighted by molar-refractivity contribution is 5.87. The summed E-state index contributed by atoms with van der Waals surface area (Å²) >= 11 is 0. The van der Waals surface area contributed by atoms with Crippen LogP contribution in [-0.2, 0) is 11.3 Å². The Morgan fingerprint density at radius 1 is 1.39 bits per heavy atom. The van der Waals surface area contributed by atoms with Crippen molar-refractivity contribution in [2.75, 3.05) is 26.4 Å². The summed E-state index contributed by atoms with van der Waals surface area (Å²) in [5, 5.41) is 20.4. The van der Waals surface area contributed by atoms with Gasteiger partial charge in [-0.15, -0.1) is 0 Å². The van der Waals surface area contributed by atoms with Crippen molar-refractivity contribution >= 4 is 5.97 Å². The highest BCUT2D eigenvalue weighted by Crippen LogP contribution is 1.99. The number of hydrogen-bond donors (Lipinski definition) is 3. The molecule has 0 atom stereocenters. The van der Waals surface area contributed by atoms with E-state index in [2.05, 4.69) is 10.3 Å². The molecule has 0 aliphatic carbocycles. The molecule has 0 spiro atoms. The van der Waals surface area contributed by atoms with Crippen molar-refractivity contribution in [2.45, 2.75) is 13.0 Å². The summed E-state index contributed by atoms with van der Waals surface area (Å²) in [6.07, 6.45) is 2.21. The van der Waals surface area contributed by atoms with Gasteiger partial charge in [0.05, 0.1) is 24.5 Å². The highest BCUT2D eigenvalue weighted by Gasteiger charge is 2.02. The minimum absolute atomic E-state index is 0.0489. The lowest BCUT2D eigenvalue weighted by Crippen LogP contribution is -2.17. The normalized spacial score (nSPS) is 10.5. The number of pyridine rings is 1. The summed E-state index contributed by atoms with van der Waals surface area (Å²) in [6.45, 7) is 2.41. The van der Waals surface area contributed by atoms with E-state index in [0.29, 0.717) is 19.8 Å². The van der Waals surface area contributed by atoms with E-state index in [1.54, 1.807) is 6.07 Å². The average molecular weight is 254 g/mol. The molecular weight excluding hydrogens is 236 g/mol. The first-order valence-electron chi connectivity index (χ1n) is 5.81. The lowest BCUT2D eigenvalue weighted by Gasteiger charge is -2.05. The molecule has 18 heavy (non-hydrogen) atoms. The summed E-state index contributed by atoms with van der Waals surface area (Å²) in [5.74, 6) is -0.969. The van der Waals surface area contributed by atoms with Gasteiger partial charge in [-0.05, 0) is 25.1 Å². The Balaban J connectivity index is 2.14. The zero-order valence-electron chi connectivity index (χ0n) is 10.1. The third-order valence-electron chi connectivity index (χ3n) is 2.26. The molecule has 6 nitrogen and oxygen atoms in total. The van der Waals surface area contributed by atoms with Gasteiger partial charge in [0.25, 0.3) is 0 Å². The number of hydrogen-bond acceptors (Lipinski definition) is 5. The van der Waals surface area contributed by atoms with Crippen molar-refractivity contribution < 1.29 is 19.7 Å². The van der Waals surface area contributed by atoms with Gasteiger partial charge < -0.3 is 20.3 Å². The monoisotopic (exact) mass is 254 g/mol. The van der Waals surface area contributed by atoms with Crippen molar-refractivity contribution in [3.05, 3.63) is 29.6 Å². The van der Waals surface area contributed by atoms with Crippen LogP contribution in [0.5, 0.6) is 0 Å². The summed E-state index contributed by atoms with van der Waals surface area (Å²) in [4.78, 5) is 14.6. The van der Waals surface area contributed by atoms with E-state index in [1.165, 1.54) is 12.3 Å². The van der Waals surface area contributed by atoms with E-state index in [9.17, 15) is 4.79 Å². The van der Waals surface area contributed by atoms with Crippen LogP contribution in [0.2, 0.25) is 0 Å². The van der Waals surface area contributed by atoms with Crippen LogP contribution in [0.15, 0.2) is 18.3 Å². The van der Waals surface area contributed by atoms with Gasteiger partial charge >= 0.3 is 5.97 Å². The molecule has 0 fully saturated rings. The van der Waals surface area contributed by atoms with Gasteiger partial charge in [-0.25, -0.2) is 4.79 Å². The molecule has 1 rings (SSSR count). The summed E-state index contributed by atoms with van der Waals surface area (Å²) in [5.41, 5.74) is 0.993. The molecule has 1 aromatic heterocycles. The molecule has 0 radical (unpaired) electrons. The molecule has 0 saturated carbocycles. The van der Waals surface area contributed by atoms with Gasteiger partial charge in [0.1, 0.15) is 0 Å². The number of rotatable bonds is 9. The number of carboxylic acids is 1. The van der Waals surface area contributed by atoms with Crippen LogP contribution in [0.4, 0.5) is 0 Å². The molecule has 100 valence electrons. The number of aliphatic hydroxyl groups excluding tert-OH is 1. The molecule has 1 heterocycles. The average Bonchev–Trinajstić information content (AvgIpc) is 2.38. The number of aromatic carboxylic acids is 1. The fourth-order valence-electron chi connectivity index (χ4n) is 1.34. The van der Waals surface area contributed by atoms with E-state index in [1.807, 2.05) is 0 Å². The number of carboxylic acid groups (broad SMARTS) is 1. The Labute approximate surface area is 106 Å². The Kier molecular flexibility index (Phi) is 6.93. The molecule has 0 bridgehead atoms. The Morgan fingerprint density at radius 2 is 2.22 bits per heavy atom. The van der Waals surface area contributed by atoms with Crippen molar-refractivity contribution in [1.29, 1.82) is 0 Å². The molecule has 0 aliphatic heterocycles. The molecule has 0 amide bonds. The fraction of sp³-hybridized carbons (Fsp3) is 0.500. The van der Waals surface area contributed by atoms with Crippen LogP contribution >= 0.6 is 0 Å². The molecule has 6 heteroatoms. The predicted molar refractivity (Wildman–Crippen MR) is 65.4 cm³/mol. The van der Waals surface area contributed by atoms with Gasteiger partial charge in [0, 0.05) is 19.3 Å². The SMILES string of the molecule is O=C(O)c1ccc(CNCCCOCCO)nc1. The van der Waals surface area contributed by atoms with Crippen LogP contribution in [0, 0.1) is 0 Å². The van der Waals surface area contributed by atoms with E-state index in [-0.39, 0.29) is 12.2 Å². The topological polar surface area (TPSA) is 91.7 Å². The number of aromatic nitrogens is 1. The van der Waals surface area contributed by atoms with E-state index < -0.39 is 5.97 Å². The Morgan fingerprint density at radius 3 is 2.83 bits per heavy atom. The molecule has 0 unspecified atom stereocenters. The number of nitrogens with one attached hydrogen (secondary N) is 1.